The van der Waals surface area contributed by atoms with Crippen molar-refractivity contribution < 1.29 is 9.59 Å². The topological polar surface area (TPSA) is 81.1 Å². The van der Waals surface area contributed by atoms with Crippen LogP contribution in [-0.4, -0.2) is 21.2 Å². The molecule has 7 heteroatoms. The third kappa shape index (κ3) is 4.71. The highest BCUT2D eigenvalue weighted by Crippen LogP contribution is 2.19. The lowest BCUT2D eigenvalue weighted by Gasteiger charge is -2.15. The third-order valence-electron chi connectivity index (χ3n) is 5.63. The molecule has 2 aromatic heterocycles. The zero-order valence-corrected chi connectivity index (χ0v) is 19.0. The maximum atomic E-state index is 13.2. The molecule has 0 aliphatic rings. The second kappa shape index (κ2) is 9.38. The summed E-state index contributed by atoms with van der Waals surface area (Å²) in [6.45, 7) is 4.07. The quantitative estimate of drug-likeness (QED) is 0.438. The highest BCUT2D eigenvalue weighted by Gasteiger charge is 2.19. The summed E-state index contributed by atoms with van der Waals surface area (Å²) in [6, 6.07) is 14.1. The van der Waals surface area contributed by atoms with Crippen LogP contribution in [0.2, 0.25) is 5.02 Å². The van der Waals surface area contributed by atoms with Gasteiger partial charge in [0.05, 0.1) is 11.1 Å². The molecule has 4 rings (SSSR count). The van der Waals surface area contributed by atoms with E-state index < -0.39 is 5.78 Å². The Morgan fingerprint density at radius 3 is 2.45 bits per heavy atom. The van der Waals surface area contributed by atoms with E-state index in [0.29, 0.717) is 21.5 Å². The second-order valence-electron chi connectivity index (χ2n) is 7.89. The van der Waals surface area contributed by atoms with E-state index in [-0.39, 0.29) is 30.0 Å². The molecular formula is C26H22ClN3O3. The number of nitrogens with one attached hydrogen (secondary N) is 1. The number of carbonyl (C=O) groups is 2. The second-order valence-corrected chi connectivity index (χ2v) is 8.29. The first-order chi connectivity index (χ1) is 15.8. The van der Waals surface area contributed by atoms with Crippen LogP contribution in [0.1, 0.15) is 32.6 Å². The van der Waals surface area contributed by atoms with Gasteiger partial charge in [-0.25, -0.2) is 0 Å². The first-order valence-electron chi connectivity index (χ1n) is 10.4. The monoisotopic (exact) mass is 459 g/mol. The van der Waals surface area contributed by atoms with Crippen LogP contribution in [0.15, 0.2) is 71.9 Å². The van der Waals surface area contributed by atoms with Gasteiger partial charge in [-0.15, -0.1) is 0 Å². The molecule has 0 saturated carbocycles. The number of ketones is 1. The van der Waals surface area contributed by atoms with Gasteiger partial charge in [0.1, 0.15) is 6.54 Å². The molecule has 0 aliphatic carbocycles. The molecule has 0 radical (unpaired) electrons. The van der Waals surface area contributed by atoms with Crippen molar-refractivity contribution in [1.29, 1.82) is 0 Å². The summed E-state index contributed by atoms with van der Waals surface area (Å²) in [4.78, 5) is 43.0. The van der Waals surface area contributed by atoms with E-state index in [2.05, 4.69) is 10.3 Å². The average Bonchev–Trinajstić information content (AvgIpc) is 2.82. The number of aromatic nitrogens is 2. The zero-order valence-electron chi connectivity index (χ0n) is 18.3. The predicted octanol–water partition coefficient (Wildman–Crippen LogP) is 4.21. The van der Waals surface area contributed by atoms with Crippen LogP contribution in [0, 0.1) is 13.8 Å². The lowest BCUT2D eigenvalue weighted by molar-refractivity contribution is -0.121. The molecule has 166 valence electrons. The van der Waals surface area contributed by atoms with Gasteiger partial charge >= 0.3 is 0 Å². The highest BCUT2D eigenvalue weighted by atomic mass is 35.5. The van der Waals surface area contributed by atoms with Gasteiger partial charge in [-0.1, -0.05) is 29.8 Å². The van der Waals surface area contributed by atoms with Gasteiger partial charge in [-0.05, 0) is 60.9 Å². The van der Waals surface area contributed by atoms with E-state index in [1.165, 1.54) is 18.6 Å². The molecule has 1 N–H and O–H groups in total. The third-order valence-corrected chi connectivity index (χ3v) is 6.00. The fourth-order valence-corrected chi connectivity index (χ4v) is 3.85. The smallest absolute Gasteiger partial charge is 0.240 e. The van der Waals surface area contributed by atoms with Crippen LogP contribution in [0.3, 0.4) is 0 Å². The summed E-state index contributed by atoms with van der Waals surface area (Å²) < 4.78 is 1.65. The summed E-state index contributed by atoms with van der Waals surface area (Å²) in [7, 11) is 0. The van der Waals surface area contributed by atoms with Crippen LogP contribution in [0.25, 0.3) is 10.9 Å². The summed E-state index contributed by atoms with van der Waals surface area (Å²) in [6.07, 6.45) is 4.47. The van der Waals surface area contributed by atoms with Gasteiger partial charge in [0.25, 0.3) is 0 Å². The van der Waals surface area contributed by atoms with E-state index in [1.54, 1.807) is 28.8 Å². The first kappa shape index (κ1) is 22.4. The molecule has 2 heterocycles. The standard InChI is InChI=1S/C26H22ClN3O3/c1-16-11-20-23(12-17(16)2)30(15-24(31)29-13-19-5-3-4-6-22(19)27)14-21(26(20)33)25(32)18-7-9-28-10-8-18/h3-12,14H,13,15H2,1-2H3,(H,29,31). The number of hydrogen-bond acceptors (Lipinski definition) is 4. The minimum Gasteiger partial charge on any atom is -0.350 e. The van der Waals surface area contributed by atoms with Crippen molar-refractivity contribution in [2.24, 2.45) is 0 Å². The van der Waals surface area contributed by atoms with Gasteiger partial charge in [-0.3, -0.25) is 19.4 Å². The number of nitrogens with zero attached hydrogens (tertiary/aromatic N) is 2. The van der Waals surface area contributed by atoms with Crippen LogP contribution < -0.4 is 10.7 Å². The number of aryl methyl sites for hydroxylation is 2. The van der Waals surface area contributed by atoms with Crippen LogP contribution >= 0.6 is 11.6 Å². The fraction of sp³-hybridized carbons (Fsp3) is 0.154. The summed E-state index contributed by atoms with van der Waals surface area (Å²) in [5, 5.41) is 3.83. The zero-order chi connectivity index (χ0) is 23.5. The predicted molar refractivity (Wildman–Crippen MR) is 129 cm³/mol. The minimum absolute atomic E-state index is 0.0101. The van der Waals surface area contributed by atoms with Crippen molar-refractivity contribution in [3.8, 4) is 0 Å². The molecule has 33 heavy (non-hydrogen) atoms. The molecular weight excluding hydrogens is 438 g/mol. The van der Waals surface area contributed by atoms with Gasteiger partial charge in [0.15, 0.2) is 5.78 Å². The number of fused-ring (bicyclic) bond motifs is 1. The molecule has 0 spiro atoms. The van der Waals surface area contributed by atoms with Crippen LogP contribution in [-0.2, 0) is 17.9 Å². The molecule has 6 nitrogen and oxygen atoms in total. The van der Waals surface area contributed by atoms with E-state index in [9.17, 15) is 14.4 Å². The number of carbonyl (C=O) groups excluding carboxylic acids is 2. The van der Waals surface area contributed by atoms with Crippen molar-refractivity contribution in [3.63, 3.8) is 0 Å². The lowest BCUT2D eigenvalue weighted by Crippen LogP contribution is -2.29. The minimum atomic E-state index is -0.409. The Balaban J connectivity index is 1.73. The number of halogens is 1. The molecule has 0 aliphatic heterocycles. The van der Waals surface area contributed by atoms with E-state index in [4.69, 9.17) is 11.6 Å². The normalized spacial score (nSPS) is 10.9. The molecule has 1 amide bonds. The Kier molecular flexibility index (Phi) is 6.38. The molecule has 0 atom stereocenters. The Bertz CT molecular complexity index is 1430. The van der Waals surface area contributed by atoms with Crippen molar-refractivity contribution in [2.45, 2.75) is 26.9 Å². The largest absolute Gasteiger partial charge is 0.350 e. The first-order valence-corrected chi connectivity index (χ1v) is 10.8. The maximum absolute atomic E-state index is 13.2. The molecule has 4 aromatic rings. The van der Waals surface area contributed by atoms with Gasteiger partial charge in [0, 0.05) is 41.1 Å². The Morgan fingerprint density at radius 1 is 1.03 bits per heavy atom. The number of amides is 1. The van der Waals surface area contributed by atoms with Gasteiger partial charge in [-0.2, -0.15) is 0 Å². The summed E-state index contributed by atoms with van der Waals surface area (Å²) in [5.41, 5.74) is 3.33. The van der Waals surface area contributed by atoms with Crippen LogP contribution in [0.4, 0.5) is 0 Å². The highest BCUT2D eigenvalue weighted by molar-refractivity contribution is 6.31. The number of benzene rings is 2. The Morgan fingerprint density at radius 2 is 1.73 bits per heavy atom. The average molecular weight is 460 g/mol. The Hall–Kier alpha value is -3.77. The Labute approximate surface area is 195 Å². The molecule has 0 unspecified atom stereocenters. The SMILES string of the molecule is Cc1cc2c(=O)c(C(=O)c3ccncc3)cn(CC(=O)NCc3ccccc3Cl)c2cc1C. The van der Waals surface area contributed by atoms with E-state index in [0.717, 1.165) is 16.7 Å². The number of hydrogen-bond donors (Lipinski definition) is 1. The van der Waals surface area contributed by atoms with E-state index in [1.807, 2.05) is 38.1 Å². The fourth-order valence-electron chi connectivity index (χ4n) is 3.65. The molecule has 0 fully saturated rings. The van der Waals surface area contributed by atoms with Crippen molar-refractivity contribution in [1.82, 2.24) is 14.9 Å². The summed E-state index contributed by atoms with van der Waals surface area (Å²) >= 11 is 6.18. The van der Waals surface area contributed by atoms with Crippen LogP contribution in [0.5, 0.6) is 0 Å². The maximum Gasteiger partial charge on any atom is 0.240 e. The van der Waals surface area contributed by atoms with Crippen molar-refractivity contribution in [2.75, 3.05) is 0 Å². The number of rotatable bonds is 6. The molecule has 0 saturated heterocycles. The molecule has 0 bridgehead atoms. The van der Waals surface area contributed by atoms with E-state index >= 15 is 0 Å². The summed E-state index contributed by atoms with van der Waals surface area (Å²) in [5.74, 6) is -0.673. The molecule has 2 aromatic carbocycles. The van der Waals surface area contributed by atoms with Crippen molar-refractivity contribution in [3.05, 3.63) is 110 Å². The lowest BCUT2D eigenvalue weighted by atomic mass is 10.0. The number of pyridine rings is 2. The van der Waals surface area contributed by atoms with Crippen molar-refractivity contribution >= 4 is 34.2 Å². The van der Waals surface area contributed by atoms with Gasteiger partial charge in [0.2, 0.25) is 11.3 Å². The van der Waals surface area contributed by atoms with Gasteiger partial charge < -0.3 is 9.88 Å².